The minimum atomic E-state index is -0.829. The first kappa shape index (κ1) is 16.5. The molecule has 1 amide bonds. The van der Waals surface area contributed by atoms with Gasteiger partial charge in [0.2, 0.25) is 5.91 Å². The summed E-state index contributed by atoms with van der Waals surface area (Å²) in [6.45, 7) is 0. The standard InChI is InChI=1S/C20H23NO3/c1-24-18-10-3-2-9-17(18)15-7-6-8-16(13-15)21-19(22)14-20(23)11-4-5-12-20/h2-3,6-10,13,23H,4-5,11-12,14H2,1H3,(H,21,22). The minimum Gasteiger partial charge on any atom is -0.496 e. The molecule has 1 aliphatic rings. The zero-order valence-electron chi connectivity index (χ0n) is 13.9. The van der Waals surface area contributed by atoms with Crippen molar-refractivity contribution < 1.29 is 14.6 Å². The van der Waals surface area contributed by atoms with Crippen LogP contribution in [0, 0.1) is 0 Å². The topological polar surface area (TPSA) is 58.6 Å². The van der Waals surface area contributed by atoms with Crippen molar-refractivity contribution in [1.29, 1.82) is 0 Å². The molecule has 4 nitrogen and oxygen atoms in total. The molecular formula is C20H23NO3. The van der Waals surface area contributed by atoms with Crippen molar-refractivity contribution in [3.05, 3.63) is 48.5 Å². The summed E-state index contributed by atoms with van der Waals surface area (Å²) >= 11 is 0. The summed E-state index contributed by atoms with van der Waals surface area (Å²) in [6, 6.07) is 15.5. The van der Waals surface area contributed by atoms with Crippen LogP contribution >= 0.6 is 0 Å². The number of nitrogens with one attached hydrogen (secondary N) is 1. The molecule has 0 radical (unpaired) electrons. The molecular weight excluding hydrogens is 302 g/mol. The predicted octanol–water partition coefficient (Wildman–Crippen LogP) is 4.00. The van der Waals surface area contributed by atoms with Gasteiger partial charge in [0.1, 0.15) is 5.75 Å². The predicted molar refractivity (Wildman–Crippen MR) is 95.1 cm³/mol. The van der Waals surface area contributed by atoms with E-state index >= 15 is 0 Å². The van der Waals surface area contributed by atoms with Gasteiger partial charge < -0.3 is 15.2 Å². The van der Waals surface area contributed by atoms with Crippen LogP contribution in [0.15, 0.2) is 48.5 Å². The van der Waals surface area contributed by atoms with E-state index in [-0.39, 0.29) is 12.3 Å². The highest BCUT2D eigenvalue weighted by atomic mass is 16.5. The largest absolute Gasteiger partial charge is 0.496 e. The molecule has 2 N–H and O–H groups in total. The molecule has 1 saturated carbocycles. The SMILES string of the molecule is COc1ccccc1-c1cccc(NC(=O)CC2(O)CCCC2)c1. The van der Waals surface area contributed by atoms with Gasteiger partial charge in [-0.25, -0.2) is 0 Å². The molecule has 0 aliphatic heterocycles. The van der Waals surface area contributed by atoms with Crippen LogP contribution in [0.4, 0.5) is 5.69 Å². The number of hydrogen-bond acceptors (Lipinski definition) is 3. The molecule has 24 heavy (non-hydrogen) atoms. The van der Waals surface area contributed by atoms with Crippen molar-refractivity contribution in [3.63, 3.8) is 0 Å². The van der Waals surface area contributed by atoms with E-state index < -0.39 is 5.60 Å². The van der Waals surface area contributed by atoms with Crippen molar-refractivity contribution in [2.45, 2.75) is 37.7 Å². The maximum absolute atomic E-state index is 12.2. The van der Waals surface area contributed by atoms with Crippen LogP contribution in [-0.2, 0) is 4.79 Å². The fraction of sp³-hybridized carbons (Fsp3) is 0.350. The Morgan fingerprint density at radius 1 is 1.17 bits per heavy atom. The Labute approximate surface area is 142 Å². The van der Waals surface area contributed by atoms with Crippen molar-refractivity contribution in [1.82, 2.24) is 0 Å². The highest BCUT2D eigenvalue weighted by molar-refractivity contribution is 5.92. The summed E-state index contributed by atoms with van der Waals surface area (Å²) < 4.78 is 5.40. The van der Waals surface area contributed by atoms with Gasteiger partial charge in [-0.2, -0.15) is 0 Å². The molecule has 0 bridgehead atoms. The summed E-state index contributed by atoms with van der Waals surface area (Å²) in [5.74, 6) is 0.651. The fourth-order valence-electron chi connectivity index (χ4n) is 3.36. The summed E-state index contributed by atoms with van der Waals surface area (Å²) in [5, 5.41) is 13.3. The number of para-hydroxylation sites is 1. The molecule has 1 fully saturated rings. The maximum atomic E-state index is 12.2. The number of methoxy groups -OCH3 is 1. The molecule has 0 atom stereocenters. The summed E-state index contributed by atoms with van der Waals surface area (Å²) in [4.78, 5) is 12.2. The summed E-state index contributed by atoms with van der Waals surface area (Å²) in [6.07, 6.45) is 3.56. The van der Waals surface area contributed by atoms with Crippen LogP contribution < -0.4 is 10.1 Å². The molecule has 126 valence electrons. The highest BCUT2D eigenvalue weighted by Crippen LogP contribution is 2.33. The third kappa shape index (κ3) is 3.77. The lowest BCUT2D eigenvalue weighted by Crippen LogP contribution is -2.30. The Morgan fingerprint density at radius 2 is 1.92 bits per heavy atom. The molecule has 0 aromatic heterocycles. The van der Waals surface area contributed by atoms with Gasteiger partial charge in [-0.05, 0) is 36.6 Å². The molecule has 2 aromatic carbocycles. The maximum Gasteiger partial charge on any atom is 0.227 e. The number of ether oxygens (including phenoxy) is 1. The third-order valence-electron chi connectivity index (χ3n) is 4.59. The van der Waals surface area contributed by atoms with E-state index in [0.717, 1.165) is 35.4 Å². The lowest BCUT2D eigenvalue weighted by atomic mass is 9.97. The van der Waals surface area contributed by atoms with Gasteiger partial charge in [-0.3, -0.25) is 4.79 Å². The van der Waals surface area contributed by atoms with Gasteiger partial charge >= 0.3 is 0 Å². The Bertz CT molecular complexity index is 720. The zero-order valence-corrected chi connectivity index (χ0v) is 13.9. The van der Waals surface area contributed by atoms with Crippen molar-refractivity contribution in [2.75, 3.05) is 12.4 Å². The van der Waals surface area contributed by atoms with E-state index in [1.165, 1.54) is 0 Å². The first-order chi connectivity index (χ1) is 11.6. The van der Waals surface area contributed by atoms with Gasteiger partial charge in [0.05, 0.1) is 19.1 Å². The fourth-order valence-corrected chi connectivity index (χ4v) is 3.36. The quantitative estimate of drug-likeness (QED) is 0.873. The molecule has 0 unspecified atom stereocenters. The van der Waals surface area contributed by atoms with Crippen LogP contribution in [-0.4, -0.2) is 23.7 Å². The number of anilines is 1. The smallest absolute Gasteiger partial charge is 0.227 e. The number of aliphatic hydroxyl groups is 1. The van der Waals surface area contributed by atoms with Crippen molar-refractivity contribution in [2.24, 2.45) is 0 Å². The van der Waals surface area contributed by atoms with E-state index in [4.69, 9.17) is 4.74 Å². The van der Waals surface area contributed by atoms with Crippen LogP contribution in [0.3, 0.4) is 0 Å². The van der Waals surface area contributed by atoms with Gasteiger partial charge in [-0.15, -0.1) is 0 Å². The second kappa shape index (κ2) is 7.05. The number of rotatable bonds is 5. The number of amides is 1. The summed E-state index contributed by atoms with van der Waals surface area (Å²) in [5.41, 5.74) is 1.85. The van der Waals surface area contributed by atoms with Crippen molar-refractivity contribution in [3.8, 4) is 16.9 Å². The first-order valence-electron chi connectivity index (χ1n) is 8.35. The summed E-state index contributed by atoms with van der Waals surface area (Å²) in [7, 11) is 1.65. The average molecular weight is 325 g/mol. The first-order valence-corrected chi connectivity index (χ1v) is 8.35. The number of carbonyl (C=O) groups is 1. The number of benzene rings is 2. The molecule has 4 heteroatoms. The number of carbonyl (C=O) groups excluding carboxylic acids is 1. The Morgan fingerprint density at radius 3 is 2.67 bits per heavy atom. The lowest BCUT2D eigenvalue weighted by molar-refractivity contribution is -0.120. The van der Waals surface area contributed by atoms with Gasteiger partial charge in [-0.1, -0.05) is 43.2 Å². The zero-order chi connectivity index (χ0) is 17.0. The Hall–Kier alpha value is -2.33. The molecule has 0 spiro atoms. The second-order valence-corrected chi connectivity index (χ2v) is 6.44. The average Bonchev–Trinajstić information content (AvgIpc) is 3.00. The van der Waals surface area contributed by atoms with Crippen LogP contribution in [0.1, 0.15) is 32.1 Å². The Balaban J connectivity index is 1.74. The minimum absolute atomic E-state index is 0.142. The lowest BCUT2D eigenvalue weighted by Gasteiger charge is -2.21. The van der Waals surface area contributed by atoms with E-state index in [9.17, 15) is 9.90 Å². The monoisotopic (exact) mass is 325 g/mol. The van der Waals surface area contributed by atoms with Crippen LogP contribution in [0.2, 0.25) is 0 Å². The van der Waals surface area contributed by atoms with Gasteiger partial charge in [0.15, 0.2) is 0 Å². The number of hydrogen-bond donors (Lipinski definition) is 2. The molecule has 0 saturated heterocycles. The van der Waals surface area contributed by atoms with E-state index in [1.807, 2.05) is 48.5 Å². The molecule has 2 aromatic rings. The van der Waals surface area contributed by atoms with Crippen LogP contribution in [0.25, 0.3) is 11.1 Å². The highest BCUT2D eigenvalue weighted by Gasteiger charge is 2.33. The van der Waals surface area contributed by atoms with Gasteiger partial charge in [0, 0.05) is 11.3 Å². The molecule has 0 heterocycles. The molecule has 3 rings (SSSR count). The van der Waals surface area contributed by atoms with E-state index in [1.54, 1.807) is 7.11 Å². The van der Waals surface area contributed by atoms with Gasteiger partial charge in [0.25, 0.3) is 0 Å². The Kier molecular flexibility index (Phi) is 4.86. The van der Waals surface area contributed by atoms with E-state index in [2.05, 4.69) is 5.32 Å². The second-order valence-electron chi connectivity index (χ2n) is 6.44. The van der Waals surface area contributed by atoms with Crippen LogP contribution in [0.5, 0.6) is 5.75 Å². The van der Waals surface area contributed by atoms with Crippen molar-refractivity contribution >= 4 is 11.6 Å². The molecule has 1 aliphatic carbocycles. The third-order valence-corrected chi connectivity index (χ3v) is 4.59. The normalized spacial score (nSPS) is 15.9. The van der Waals surface area contributed by atoms with E-state index in [0.29, 0.717) is 12.8 Å².